The smallest absolute Gasteiger partial charge is 0.404 e. The van der Waals surface area contributed by atoms with Crippen LogP contribution in [0.25, 0.3) is 11.1 Å². The van der Waals surface area contributed by atoms with Gasteiger partial charge in [0.2, 0.25) is 0 Å². The molecule has 3 rings (SSSR count). The molecule has 1 saturated heterocycles. The van der Waals surface area contributed by atoms with Gasteiger partial charge in [0.05, 0.1) is 0 Å². The van der Waals surface area contributed by atoms with Crippen LogP contribution in [0.15, 0.2) is 48.5 Å². The lowest BCUT2D eigenvalue weighted by atomic mass is 9.97. The molecule has 2 atom stereocenters. The van der Waals surface area contributed by atoms with E-state index in [0.29, 0.717) is 0 Å². The predicted molar refractivity (Wildman–Crippen MR) is 94.1 cm³/mol. The number of rotatable bonds is 4. The van der Waals surface area contributed by atoms with E-state index in [9.17, 15) is 9.18 Å². The van der Waals surface area contributed by atoms with E-state index >= 15 is 0 Å². The van der Waals surface area contributed by atoms with Gasteiger partial charge in [-0.1, -0.05) is 36.4 Å². The minimum Gasteiger partial charge on any atom is -0.465 e. The van der Waals surface area contributed by atoms with Crippen LogP contribution in [0, 0.1) is 5.82 Å². The van der Waals surface area contributed by atoms with Gasteiger partial charge in [-0.2, -0.15) is 0 Å². The van der Waals surface area contributed by atoms with Gasteiger partial charge in [-0.15, -0.1) is 12.4 Å². The Balaban J connectivity index is 0.00000208. The number of carbonyl (C=O) groups is 1. The second-order valence-electron chi connectivity index (χ2n) is 5.82. The van der Waals surface area contributed by atoms with Gasteiger partial charge < -0.3 is 15.7 Å². The molecule has 1 fully saturated rings. The summed E-state index contributed by atoms with van der Waals surface area (Å²) in [5, 5.41) is 14.8. The van der Waals surface area contributed by atoms with E-state index in [-0.39, 0.29) is 30.3 Å². The number of benzene rings is 2. The highest BCUT2D eigenvalue weighted by atomic mass is 35.5. The molecule has 0 bridgehead atoms. The molecule has 0 saturated carbocycles. The number of hydrogen-bond acceptors (Lipinski definition) is 2. The van der Waals surface area contributed by atoms with E-state index in [4.69, 9.17) is 5.11 Å². The van der Waals surface area contributed by atoms with Crippen LogP contribution in [0.3, 0.4) is 0 Å². The molecule has 3 N–H and O–H groups in total. The molecular formula is C18H20ClFN2O2. The highest BCUT2D eigenvalue weighted by Gasteiger charge is 2.28. The van der Waals surface area contributed by atoms with Gasteiger partial charge in [-0.25, -0.2) is 9.18 Å². The van der Waals surface area contributed by atoms with E-state index < -0.39 is 6.09 Å². The fourth-order valence-electron chi connectivity index (χ4n) is 3.11. The van der Waals surface area contributed by atoms with E-state index in [2.05, 4.69) is 10.6 Å². The minimum atomic E-state index is -0.989. The third-order valence-electron chi connectivity index (χ3n) is 4.20. The Kier molecular flexibility index (Phi) is 6.17. The van der Waals surface area contributed by atoms with Crippen molar-refractivity contribution in [2.45, 2.75) is 24.9 Å². The monoisotopic (exact) mass is 350 g/mol. The third kappa shape index (κ3) is 4.46. The fourth-order valence-corrected chi connectivity index (χ4v) is 3.11. The Morgan fingerprint density at radius 2 is 1.92 bits per heavy atom. The molecule has 2 aromatic carbocycles. The van der Waals surface area contributed by atoms with Crippen LogP contribution >= 0.6 is 12.4 Å². The molecule has 2 aromatic rings. The molecule has 6 heteroatoms. The number of halogens is 2. The normalized spacial score (nSPS) is 19.5. The van der Waals surface area contributed by atoms with Crippen molar-refractivity contribution in [1.82, 2.24) is 10.6 Å². The largest absolute Gasteiger partial charge is 0.465 e. The lowest BCUT2D eigenvalue weighted by molar-refractivity contribution is 0.188. The zero-order chi connectivity index (χ0) is 16.2. The first-order chi connectivity index (χ1) is 11.1. The van der Waals surface area contributed by atoms with Gasteiger partial charge >= 0.3 is 6.09 Å². The Morgan fingerprint density at radius 1 is 1.21 bits per heavy atom. The van der Waals surface area contributed by atoms with Crippen molar-refractivity contribution in [2.75, 3.05) is 6.54 Å². The third-order valence-corrected chi connectivity index (χ3v) is 4.20. The molecule has 0 radical (unpaired) electrons. The predicted octanol–water partition coefficient (Wildman–Crippen LogP) is 3.46. The Morgan fingerprint density at radius 3 is 2.62 bits per heavy atom. The van der Waals surface area contributed by atoms with Crippen molar-refractivity contribution < 1.29 is 14.3 Å². The summed E-state index contributed by atoms with van der Waals surface area (Å²) >= 11 is 0. The Hall–Kier alpha value is -2.11. The van der Waals surface area contributed by atoms with Gasteiger partial charge in [0, 0.05) is 12.1 Å². The average Bonchev–Trinajstić information content (AvgIpc) is 2.94. The average molecular weight is 351 g/mol. The van der Waals surface area contributed by atoms with Crippen LogP contribution in [0.4, 0.5) is 9.18 Å². The Bertz CT molecular complexity index is 711. The molecular weight excluding hydrogens is 331 g/mol. The molecule has 0 unspecified atom stereocenters. The SMILES string of the molecule is Cl.O=C(O)N[C@H]1CCN[C@H]1Cc1cccc(-c2cccc(F)c2)c1. The number of nitrogens with one attached hydrogen (secondary N) is 2. The number of hydrogen-bond donors (Lipinski definition) is 3. The van der Waals surface area contributed by atoms with Crippen molar-refractivity contribution in [3.63, 3.8) is 0 Å². The molecule has 128 valence electrons. The fraction of sp³-hybridized carbons (Fsp3) is 0.278. The van der Waals surface area contributed by atoms with Crippen LogP contribution in [-0.2, 0) is 6.42 Å². The topological polar surface area (TPSA) is 61.4 Å². The zero-order valence-electron chi connectivity index (χ0n) is 13.0. The maximum Gasteiger partial charge on any atom is 0.404 e. The first kappa shape index (κ1) is 18.2. The van der Waals surface area contributed by atoms with Crippen molar-refractivity contribution in [3.8, 4) is 11.1 Å². The van der Waals surface area contributed by atoms with Gasteiger partial charge in [-0.3, -0.25) is 0 Å². The summed E-state index contributed by atoms with van der Waals surface area (Å²) < 4.78 is 13.4. The molecule has 1 heterocycles. The highest BCUT2D eigenvalue weighted by Crippen LogP contribution is 2.23. The lowest BCUT2D eigenvalue weighted by Crippen LogP contribution is -2.44. The second-order valence-corrected chi connectivity index (χ2v) is 5.82. The van der Waals surface area contributed by atoms with Crippen molar-refractivity contribution in [3.05, 3.63) is 59.9 Å². The number of amides is 1. The maximum absolute atomic E-state index is 13.4. The molecule has 4 nitrogen and oxygen atoms in total. The minimum absolute atomic E-state index is 0. The summed E-state index contributed by atoms with van der Waals surface area (Å²) in [7, 11) is 0. The van der Waals surface area contributed by atoms with Crippen LogP contribution in [0.1, 0.15) is 12.0 Å². The highest BCUT2D eigenvalue weighted by molar-refractivity contribution is 5.85. The maximum atomic E-state index is 13.4. The second kappa shape index (κ2) is 8.13. The number of carboxylic acid groups (broad SMARTS) is 1. The zero-order valence-corrected chi connectivity index (χ0v) is 13.9. The van der Waals surface area contributed by atoms with Gasteiger partial charge in [0.1, 0.15) is 5.82 Å². The lowest BCUT2D eigenvalue weighted by Gasteiger charge is -2.19. The van der Waals surface area contributed by atoms with Crippen LogP contribution in [0.2, 0.25) is 0 Å². The molecule has 24 heavy (non-hydrogen) atoms. The molecule has 1 aliphatic heterocycles. The molecule has 1 aliphatic rings. The van der Waals surface area contributed by atoms with E-state index in [1.165, 1.54) is 12.1 Å². The van der Waals surface area contributed by atoms with E-state index in [0.717, 1.165) is 36.1 Å². The van der Waals surface area contributed by atoms with Crippen LogP contribution in [-0.4, -0.2) is 29.8 Å². The van der Waals surface area contributed by atoms with Crippen LogP contribution in [0.5, 0.6) is 0 Å². The van der Waals surface area contributed by atoms with Crippen molar-refractivity contribution >= 4 is 18.5 Å². The summed E-state index contributed by atoms with van der Waals surface area (Å²) in [6, 6.07) is 14.5. The summed E-state index contributed by atoms with van der Waals surface area (Å²) in [6.45, 7) is 0.805. The van der Waals surface area contributed by atoms with Gasteiger partial charge in [0.25, 0.3) is 0 Å². The first-order valence-electron chi connectivity index (χ1n) is 7.69. The molecule has 0 aliphatic carbocycles. The van der Waals surface area contributed by atoms with Gasteiger partial charge in [0.15, 0.2) is 0 Å². The Labute approximate surface area is 146 Å². The molecule has 0 spiro atoms. The summed E-state index contributed by atoms with van der Waals surface area (Å²) in [6.07, 6.45) is 0.534. The molecule has 0 aromatic heterocycles. The van der Waals surface area contributed by atoms with Gasteiger partial charge in [-0.05, 0) is 48.2 Å². The quantitative estimate of drug-likeness (QED) is 0.791. The standard InChI is InChI=1S/C18H19FN2O2.ClH/c19-15-6-2-5-14(11-15)13-4-1-3-12(9-13)10-17-16(7-8-20-17)21-18(22)23;/h1-6,9,11,16-17,20-21H,7-8,10H2,(H,22,23);1H/t16-,17-;/m0./s1. The van der Waals surface area contributed by atoms with E-state index in [1.807, 2.05) is 30.3 Å². The van der Waals surface area contributed by atoms with Crippen molar-refractivity contribution in [2.24, 2.45) is 0 Å². The van der Waals surface area contributed by atoms with Crippen molar-refractivity contribution in [1.29, 1.82) is 0 Å². The first-order valence-corrected chi connectivity index (χ1v) is 7.69. The summed E-state index contributed by atoms with van der Waals surface area (Å²) in [4.78, 5) is 10.8. The van der Waals surface area contributed by atoms with Crippen LogP contribution < -0.4 is 10.6 Å². The van der Waals surface area contributed by atoms with E-state index in [1.54, 1.807) is 6.07 Å². The summed E-state index contributed by atoms with van der Waals surface area (Å²) in [5.74, 6) is -0.254. The summed E-state index contributed by atoms with van der Waals surface area (Å²) in [5.41, 5.74) is 2.90. The molecule has 1 amide bonds.